The van der Waals surface area contributed by atoms with Crippen LogP contribution < -0.4 is 0 Å². The third-order valence-corrected chi connectivity index (χ3v) is 9.78. The summed E-state index contributed by atoms with van der Waals surface area (Å²) in [5, 5.41) is 3.25. The number of rotatable bonds is 5. The largest absolute Gasteiger partial charge is 0.340 e. The highest BCUT2D eigenvalue weighted by molar-refractivity contribution is 7.91. The molecule has 5 rings (SSSR count). The van der Waals surface area contributed by atoms with Crippen LogP contribution in [0.5, 0.6) is 0 Å². The van der Waals surface area contributed by atoms with Crippen molar-refractivity contribution in [3.63, 3.8) is 0 Å². The highest BCUT2D eigenvalue weighted by Crippen LogP contribution is 2.36. The molecule has 170 valence electrons. The molecule has 2 aromatic heterocycles. The average molecular weight is 501 g/mol. The normalized spacial score (nSPS) is 15.2. The van der Waals surface area contributed by atoms with Crippen LogP contribution in [0, 0.1) is 12.7 Å². The van der Waals surface area contributed by atoms with Gasteiger partial charge >= 0.3 is 0 Å². The first-order valence-corrected chi connectivity index (χ1v) is 13.3. The van der Waals surface area contributed by atoms with Crippen LogP contribution in [0.4, 0.5) is 4.39 Å². The zero-order valence-corrected chi connectivity index (χ0v) is 20.4. The van der Waals surface area contributed by atoms with Crippen LogP contribution in [0.25, 0.3) is 16.5 Å². The van der Waals surface area contributed by atoms with Crippen molar-refractivity contribution in [2.75, 3.05) is 13.1 Å². The minimum Gasteiger partial charge on any atom is -0.340 e. The molecule has 3 heterocycles. The summed E-state index contributed by atoms with van der Waals surface area (Å²) in [7, 11) is -3.48. The molecule has 8 heteroatoms. The van der Waals surface area contributed by atoms with Crippen LogP contribution in [0.1, 0.15) is 23.2 Å². The van der Waals surface area contributed by atoms with Gasteiger partial charge in [-0.15, -0.1) is 11.3 Å². The maximum absolute atomic E-state index is 14.5. The molecule has 4 aromatic rings. The Bertz CT molecular complexity index is 1450. The van der Waals surface area contributed by atoms with Crippen LogP contribution in [-0.4, -0.2) is 30.4 Å². The molecule has 0 saturated carbocycles. The number of nitrogens with zero attached hydrogens (tertiary/aromatic N) is 2. The lowest BCUT2D eigenvalue weighted by Crippen LogP contribution is -2.34. The van der Waals surface area contributed by atoms with E-state index >= 15 is 0 Å². The molecule has 0 N–H and O–H groups in total. The Hall–Kier alpha value is -2.45. The number of hydrogen-bond acceptors (Lipinski definition) is 3. The highest BCUT2D eigenvalue weighted by atomic mass is 35.5. The molecule has 0 fully saturated rings. The van der Waals surface area contributed by atoms with Gasteiger partial charge in [-0.2, -0.15) is 4.31 Å². The second kappa shape index (κ2) is 8.72. The number of aromatic nitrogens is 1. The third kappa shape index (κ3) is 3.93. The minimum atomic E-state index is -3.48. The summed E-state index contributed by atoms with van der Waals surface area (Å²) in [6.07, 6.45) is 2.61. The number of benzene rings is 2. The van der Waals surface area contributed by atoms with Crippen LogP contribution in [0.2, 0.25) is 5.02 Å². The van der Waals surface area contributed by atoms with Crippen molar-refractivity contribution in [2.24, 2.45) is 0 Å². The molecule has 0 saturated heterocycles. The lowest BCUT2D eigenvalue weighted by molar-refractivity contribution is 0.442. The SMILES string of the molecule is Cc1c(C2=CCN(S(=O)(=O)c3cccs3)CC2)c2ccccc2n1Cc1c(F)cccc1Cl. The van der Waals surface area contributed by atoms with E-state index in [1.807, 2.05) is 31.2 Å². The van der Waals surface area contributed by atoms with Crippen LogP contribution >= 0.6 is 22.9 Å². The Labute approximate surface area is 201 Å². The summed E-state index contributed by atoms with van der Waals surface area (Å²) in [5.74, 6) is -0.326. The number of fused-ring (bicyclic) bond motifs is 1. The van der Waals surface area contributed by atoms with Crippen molar-refractivity contribution in [1.29, 1.82) is 0 Å². The summed E-state index contributed by atoms with van der Waals surface area (Å²) >= 11 is 7.55. The highest BCUT2D eigenvalue weighted by Gasteiger charge is 2.28. The first-order chi connectivity index (χ1) is 15.9. The molecule has 2 aromatic carbocycles. The standard InChI is InChI=1S/C25H22ClFN2O2S2/c1-17-25(18-11-13-28(14-12-18)33(30,31)24-10-5-15-32-24)19-6-2-3-9-23(19)29(17)16-20-21(26)7-4-8-22(20)27/h2-11,15H,12-14,16H2,1H3. The third-order valence-electron chi connectivity index (χ3n) is 6.19. The first kappa shape index (κ1) is 22.3. The molecule has 1 aliphatic heterocycles. The lowest BCUT2D eigenvalue weighted by atomic mass is 9.97. The predicted octanol–water partition coefficient (Wildman–Crippen LogP) is 6.33. The Balaban J connectivity index is 1.54. The van der Waals surface area contributed by atoms with Crippen LogP contribution in [0.15, 0.2) is 70.3 Å². The molecule has 0 unspecified atom stereocenters. The second-order valence-electron chi connectivity index (χ2n) is 8.04. The minimum absolute atomic E-state index is 0.323. The van der Waals surface area contributed by atoms with Gasteiger partial charge in [0.15, 0.2) is 0 Å². The Kier molecular flexibility index (Phi) is 5.91. The molecule has 0 atom stereocenters. The number of hydrogen-bond donors (Lipinski definition) is 0. The van der Waals surface area contributed by atoms with Gasteiger partial charge in [-0.25, -0.2) is 12.8 Å². The summed E-state index contributed by atoms with van der Waals surface area (Å²) in [6.45, 7) is 3.10. The molecule has 0 bridgehead atoms. The van der Waals surface area contributed by atoms with Gasteiger partial charge in [0.1, 0.15) is 10.0 Å². The summed E-state index contributed by atoms with van der Waals surface area (Å²) < 4.78 is 44.3. The number of halogens is 2. The van der Waals surface area contributed by atoms with Gasteiger partial charge < -0.3 is 4.57 Å². The van der Waals surface area contributed by atoms with Gasteiger partial charge in [0.05, 0.1) is 6.54 Å². The summed E-state index contributed by atoms with van der Waals surface area (Å²) in [5.41, 5.74) is 4.67. The Morgan fingerprint density at radius 2 is 1.91 bits per heavy atom. The quantitative estimate of drug-likeness (QED) is 0.321. The fourth-order valence-electron chi connectivity index (χ4n) is 4.51. The molecule has 33 heavy (non-hydrogen) atoms. The van der Waals surface area contributed by atoms with Crippen LogP contribution in [0.3, 0.4) is 0 Å². The smallest absolute Gasteiger partial charge is 0.252 e. The zero-order chi connectivity index (χ0) is 23.2. The van der Waals surface area contributed by atoms with E-state index in [0.29, 0.717) is 40.9 Å². The van der Waals surface area contributed by atoms with E-state index < -0.39 is 10.0 Å². The van der Waals surface area contributed by atoms with E-state index in [0.717, 1.165) is 27.7 Å². The van der Waals surface area contributed by atoms with Gasteiger partial charge in [0.25, 0.3) is 10.0 Å². The Morgan fingerprint density at radius 3 is 2.61 bits per heavy atom. The fourth-order valence-corrected chi connectivity index (χ4v) is 7.26. The zero-order valence-electron chi connectivity index (χ0n) is 18.0. The van der Waals surface area contributed by atoms with Gasteiger partial charge in [0, 0.05) is 45.8 Å². The van der Waals surface area contributed by atoms with E-state index in [1.165, 1.54) is 21.7 Å². The van der Waals surface area contributed by atoms with Crippen molar-refractivity contribution in [1.82, 2.24) is 8.87 Å². The lowest BCUT2D eigenvalue weighted by Gasteiger charge is -2.25. The van der Waals surface area contributed by atoms with Gasteiger partial charge in [-0.1, -0.05) is 48.0 Å². The number of sulfonamides is 1. The average Bonchev–Trinajstić information content (AvgIpc) is 3.44. The van der Waals surface area contributed by atoms with Gasteiger partial charge in [0.2, 0.25) is 0 Å². The maximum Gasteiger partial charge on any atom is 0.252 e. The summed E-state index contributed by atoms with van der Waals surface area (Å²) in [4.78, 5) is 0. The molecule has 1 aliphatic rings. The van der Waals surface area contributed by atoms with E-state index in [9.17, 15) is 12.8 Å². The monoisotopic (exact) mass is 500 g/mol. The van der Waals surface area contributed by atoms with Crippen molar-refractivity contribution in [2.45, 2.75) is 24.1 Å². The van der Waals surface area contributed by atoms with Crippen molar-refractivity contribution in [3.05, 3.63) is 93.7 Å². The van der Waals surface area contributed by atoms with E-state index in [4.69, 9.17) is 11.6 Å². The maximum atomic E-state index is 14.5. The van der Waals surface area contributed by atoms with E-state index in [-0.39, 0.29) is 5.82 Å². The molecule has 0 aliphatic carbocycles. The molecule has 0 radical (unpaired) electrons. The molecule has 4 nitrogen and oxygen atoms in total. The van der Waals surface area contributed by atoms with Crippen molar-refractivity contribution < 1.29 is 12.8 Å². The van der Waals surface area contributed by atoms with E-state index in [1.54, 1.807) is 29.6 Å². The van der Waals surface area contributed by atoms with Gasteiger partial charge in [-0.3, -0.25) is 0 Å². The van der Waals surface area contributed by atoms with Crippen LogP contribution in [-0.2, 0) is 16.6 Å². The molecule has 0 spiro atoms. The molecule has 0 amide bonds. The number of para-hydroxylation sites is 1. The predicted molar refractivity (Wildman–Crippen MR) is 133 cm³/mol. The van der Waals surface area contributed by atoms with E-state index in [2.05, 4.69) is 10.6 Å². The van der Waals surface area contributed by atoms with Gasteiger partial charge in [-0.05, 0) is 48.6 Å². The fraction of sp³-hybridized carbons (Fsp3) is 0.200. The van der Waals surface area contributed by atoms with Crippen molar-refractivity contribution in [3.8, 4) is 0 Å². The molecular formula is C25H22ClFN2O2S2. The topological polar surface area (TPSA) is 42.3 Å². The van der Waals surface area contributed by atoms with Crippen molar-refractivity contribution >= 4 is 49.4 Å². The molecular weight excluding hydrogens is 479 g/mol. The second-order valence-corrected chi connectivity index (χ2v) is 11.6. The Morgan fingerprint density at radius 1 is 1.09 bits per heavy atom. The first-order valence-electron chi connectivity index (χ1n) is 10.6. The number of thiophene rings is 1. The summed E-state index contributed by atoms with van der Waals surface area (Å²) in [6, 6.07) is 16.2.